The van der Waals surface area contributed by atoms with Crippen molar-refractivity contribution in [2.75, 3.05) is 6.54 Å². The Balaban J connectivity index is 2.24. The number of nitrogens with two attached hydrogens (primary N) is 1. The van der Waals surface area contributed by atoms with Crippen LogP contribution in [0.5, 0.6) is 0 Å². The Labute approximate surface area is 124 Å². The number of hydrogen-bond acceptors (Lipinski definition) is 1. The average molecular weight is 294 g/mol. The second-order valence-corrected chi connectivity index (χ2v) is 5.63. The summed E-state index contributed by atoms with van der Waals surface area (Å²) in [5.74, 6) is 0.235. The Morgan fingerprint density at radius 2 is 1.89 bits per heavy atom. The van der Waals surface area contributed by atoms with Crippen LogP contribution in [0.2, 0.25) is 10.0 Å². The van der Waals surface area contributed by atoms with Crippen molar-refractivity contribution in [3.63, 3.8) is 0 Å². The fraction of sp³-hybridized carbons (Fsp3) is 0.250. The number of aryl methyl sites for hydroxylation is 1. The lowest BCUT2D eigenvalue weighted by molar-refractivity contribution is 0.694. The molecule has 0 amide bonds. The van der Waals surface area contributed by atoms with Crippen LogP contribution < -0.4 is 5.73 Å². The number of halogens is 2. The fourth-order valence-electron chi connectivity index (χ4n) is 2.18. The molecule has 0 aliphatic rings. The molecule has 0 aromatic heterocycles. The molecule has 100 valence electrons. The van der Waals surface area contributed by atoms with E-state index in [9.17, 15) is 0 Å². The molecule has 1 nitrogen and oxygen atoms in total. The molecule has 0 aliphatic carbocycles. The maximum atomic E-state index is 6.28. The molecule has 2 rings (SSSR count). The van der Waals surface area contributed by atoms with E-state index in [2.05, 4.69) is 18.2 Å². The minimum atomic E-state index is 0.235. The molecule has 2 aromatic carbocycles. The Kier molecular flexibility index (Phi) is 4.87. The van der Waals surface area contributed by atoms with Gasteiger partial charge in [-0.2, -0.15) is 0 Å². The van der Waals surface area contributed by atoms with E-state index in [1.54, 1.807) is 0 Å². The lowest BCUT2D eigenvalue weighted by Crippen LogP contribution is -2.15. The van der Waals surface area contributed by atoms with Crippen molar-refractivity contribution in [3.05, 3.63) is 69.2 Å². The molecule has 0 heterocycles. The maximum Gasteiger partial charge on any atom is 0.0440 e. The van der Waals surface area contributed by atoms with Crippen LogP contribution in [0.3, 0.4) is 0 Å². The van der Waals surface area contributed by atoms with E-state index in [0.29, 0.717) is 6.54 Å². The number of rotatable bonds is 4. The summed E-state index contributed by atoms with van der Waals surface area (Å²) in [5, 5.41) is 1.55. The lowest BCUT2D eigenvalue weighted by Gasteiger charge is -2.16. The molecule has 1 atom stereocenters. The highest BCUT2D eigenvalue weighted by atomic mass is 35.5. The van der Waals surface area contributed by atoms with Gasteiger partial charge in [0, 0.05) is 16.0 Å². The summed E-state index contributed by atoms with van der Waals surface area (Å²) in [4.78, 5) is 0. The summed E-state index contributed by atoms with van der Waals surface area (Å²) in [6.07, 6.45) is 0.829. The van der Waals surface area contributed by atoms with Crippen LogP contribution in [0.15, 0.2) is 42.5 Å². The second kappa shape index (κ2) is 6.42. The molecule has 1 unspecified atom stereocenters. The molecule has 0 bridgehead atoms. The summed E-state index contributed by atoms with van der Waals surface area (Å²) in [6, 6.07) is 14.0. The quantitative estimate of drug-likeness (QED) is 0.877. The maximum absolute atomic E-state index is 6.28. The van der Waals surface area contributed by atoms with Gasteiger partial charge >= 0.3 is 0 Å². The largest absolute Gasteiger partial charge is 0.330 e. The predicted octanol–water partition coefficient (Wildman–Crippen LogP) is 4.59. The number of hydrogen-bond donors (Lipinski definition) is 1. The third-order valence-corrected chi connectivity index (χ3v) is 3.87. The zero-order valence-corrected chi connectivity index (χ0v) is 12.4. The van der Waals surface area contributed by atoms with Crippen LogP contribution in [0.4, 0.5) is 0 Å². The first-order valence-corrected chi connectivity index (χ1v) is 7.06. The van der Waals surface area contributed by atoms with Gasteiger partial charge in [0.2, 0.25) is 0 Å². The van der Waals surface area contributed by atoms with Crippen molar-refractivity contribution in [2.45, 2.75) is 19.3 Å². The molecule has 2 aromatic rings. The predicted molar refractivity (Wildman–Crippen MR) is 83.1 cm³/mol. The van der Waals surface area contributed by atoms with Gasteiger partial charge in [-0.3, -0.25) is 0 Å². The summed E-state index contributed by atoms with van der Waals surface area (Å²) in [7, 11) is 0. The summed E-state index contributed by atoms with van der Waals surface area (Å²) < 4.78 is 0. The molecular weight excluding hydrogens is 277 g/mol. The van der Waals surface area contributed by atoms with Gasteiger partial charge in [0.05, 0.1) is 0 Å². The highest BCUT2D eigenvalue weighted by Crippen LogP contribution is 2.26. The Hall–Kier alpha value is -1.02. The first-order valence-electron chi connectivity index (χ1n) is 6.30. The van der Waals surface area contributed by atoms with Crippen LogP contribution in [0, 0.1) is 6.92 Å². The van der Waals surface area contributed by atoms with Crippen LogP contribution >= 0.6 is 23.2 Å². The van der Waals surface area contributed by atoms with Crippen LogP contribution in [0.1, 0.15) is 22.6 Å². The molecule has 2 N–H and O–H groups in total. The smallest absolute Gasteiger partial charge is 0.0440 e. The highest BCUT2D eigenvalue weighted by Gasteiger charge is 2.13. The van der Waals surface area contributed by atoms with E-state index in [1.165, 1.54) is 5.56 Å². The Bertz CT molecular complexity index is 566. The minimum absolute atomic E-state index is 0.235. The van der Waals surface area contributed by atoms with E-state index in [1.807, 2.05) is 31.2 Å². The molecular formula is C16H17Cl2N. The van der Waals surface area contributed by atoms with E-state index >= 15 is 0 Å². The Morgan fingerprint density at radius 1 is 1.11 bits per heavy atom. The van der Waals surface area contributed by atoms with Gasteiger partial charge in [-0.05, 0) is 54.8 Å². The zero-order chi connectivity index (χ0) is 13.8. The molecule has 0 spiro atoms. The fourth-order valence-corrected chi connectivity index (χ4v) is 2.69. The van der Waals surface area contributed by atoms with E-state index in [-0.39, 0.29) is 5.92 Å². The van der Waals surface area contributed by atoms with Crippen molar-refractivity contribution >= 4 is 23.2 Å². The van der Waals surface area contributed by atoms with Crippen molar-refractivity contribution in [1.82, 2.24) is 0 Å². The van der Waals surface area contributed by atoms with Crippen molar-refractivity contribution in [2.24, 2.45) is 5.73 Å². The van der Waals surface area contributed by atoms with Crippen molar-refractivity contribution in [1.29, 1.82) is 0 Å². The van der Waals surface area contributed by atoms with Crippen LogP contribution in [-0.4, -0.2) is 6.54 Å². The normalized spacial score (nSPS) is 12.4. The first-order chi connectivity index (χ1) is 9.10. The first kappa shape index (κ1) is 14.4. The molecule has 0 aliphatic heterocycles. The molecule has 19 heavy (non-hydrogen) atoms. The monoisotopic (exact) mass is 293 g/mol. The van der Waals surface area contributed by atoms with E-state index < -0.39 is 0 Å². The lowest BCUT2D eigenvalue weighted by atomic mass is 9.92. The van der Waals surface area contributed by atoms with Gasteiger partial charge in [-0.1, -0.05) is 47.5 Å². The standard InChI is InChI=1S/C16H17Cl2N/c1-11-5-6-13(16(18)7-11)8-14(10-19)12-3-2-4-15(17)9-12/h2-7,9,14H,8,10,19H2,1H3. The third-order valence-electron chi connectivity index (χ3n) is 3.28. The van der Waals surface area contributed by atoms with Crippen LogP contribution in [-0.2, 0) is 6.42 Å². The average Bonchev–Trinajstić information content (AvgIpc) is 2.38. The number of benzene rings is 2. The summed E-state index contributed by atoms with van der Waals surface area (Å²) in [6.45, 7) is 2.61. The van der Waals surface area contributed by atoms with Crippen molar-refractivity contribution < 1.29 is 0 Å². The van der Waals surface area contributed by atoms with Crippen LogP contribution in [0.25, 0.3) is 0 Å². The van der Waals surface area contributed by atoms with Gasteiger partial charge < -0.3 is 5.73 Å². The van der Waals surface area contributed by atoms with Gasteiger partial charge in [0.1, 0.15) is 0 Å². The topological polar surface area (TPSA) is 26.0 Å². The SMILES string of the molecule is Cc1ccc(CC(CN)c2cccc(Cl)c2)c(Cl)c1. The summed E-state index contributed by atoms with van der Waals surface area (Å²) >= 11 is 12.3. The molecule has 0 saturated carbocycles. The van der Waals surface area contributed by atoms with Gasteiger partial charge in [0.25, 0.3) is 0 Å². The van der Waals surface area contributed by atoms with Gasteiger partial charge in [-0.15, -0.1) is 0 Å². The summed E-state index contributed by atoms with van der Waals surface area (Å²) in [5.41, 5.74) is 9.35. The molecule has 3 heteroatoms. The Morgan fingerprint density at radius 3 is 2.53 bits per heavy atom. The van der Waals surface area contributed by atoms with E-state index in [0.717, 1.165) is 27.6 Å². The second-order valence-electron chi connectivity index (χ2n) is 4.79. The molecule has 0 saturated heterocycles. The van der Waals surface area contributed by atoms with E-state index in [4.69, 9.17) is 28.9 Å². The molecule has 0 radical (unpaired) electrons. The van der Waals surface area contributed by atoms with Crippen molar-refractivity contribution in [3.8, 4) is 0 Å². The highest BCUT2D eigenvalue weighted by molar-refractivity contribution is 6.31. The zero-order valence-electron chi connectivity index (χ0n) is 10.9. The third kappa shape index (κ3) is 3.73. The van der Waals surface area contributed by atoms with Gasteiger partial charge in [0.15, 0.2) is 0 Å². The molecule has 0 fully saturated rings. The van der Waals surface area contributed by atoms with Gasteiger partial charge in [-0.25, -0.2) is 0 Å². The minimum Gasteiger partial charge on any atom is -0.330 e.